The number of carbonyl (C=O) groups excluding carboxylic acids is 1. The van der Waals surface area contributed by atoms with E-state index < -0.39 is 4.92 Å². The Labute approximate surface area is 125 Å². The van der Waals surface area contributed by atoms with Crippen LogP contribution in [0.3, 0.4) is 0 Å². The first-order valence-corrected chi connectivity index (χ1v) is 6.57. The number of amides is 1. The lowest BCUT2D eigenvalue weighted by molar-refractivity contribution is -0.384. The molecule has 110 valence electrons. The molecule has 0 spiro atoms. The lowest BCUT2D eigenvalue weighted by Gasteiger charge is -2.12. The van der Waals surface area contributed by atoms with Gasteiger partial charge >= 0.3 is 0 Å². The Bertz CT molecular complexity index is 654. The van der Waals surface area contributed by atoms with Crippen molar-refractivity contribution in [2.45, 2.75) is 13.5 Å². The topological polar surface area (TPSA) is 90.1 Å². The van der Waals surface area contributed by atoms with Crippen LogP contribution in [0, 0.1) is 16.0 Å². The summed E-state index contributed by atoms with van der Waals surface area (Å²) in [5.74, 6) is -0.522. The molecule has 1 aromatic heterocycles. The van der Waals surface area contributed by atoms with Gasteiger partial charge in [-0.1, -0.05) is 18.5 Å². The van der Waals surface area contributed by atoms with Crippen LogP contribution in [-0.4, -0.2) is 20.6 Å². The maximum absolute atomic E-state index is 12.0. The number of hydrogen-bond acceptors (Lipinski definition) is 4. The van der Waals surface area contributed by atoms with E-state index in [0.717, 1.165) is 0 Å². The number of nitro groups is 1. The highest BCUT2D eigenvalue weighted by atomic mass is 35.5. The maximum Gasteiger partial charge on any atom is 0.269 e. The van der Waals surface area contributed by atoms with Crippen LogP contribution in [0.15, 0.2) is 36.7 Å². The molecule has 0 radical (unpaired) electrons. The fourth-order valence-corrected chi connectivity index (χ4v) is 1.89. The summed E-state index contributed by atoms with van der Waals surface area (Å²) in [6.45, 7) is 2.15. The average molecular weight is 309 g/mol. The van der Waals surface area contributed by atoms with Gasteiger partial charge in [-0.2, -0.15) is 5.10 Å². The first-order valence-electron chi connectivity index (χ1n) is 6.19. The standard InChI is InChI=1S/C13H13ClN4O3/c1-9(7-17-8-10(14)6-15-17)13(19)16-11-2-4-12(5-3-11)18(20)21/h2-6,8-9H,7H2,1H3,(H,16,19). The molecule has 1 amide bonds. The molecule has 1 N–H and O–H groups in total. The Morgan fingerprint density at radius 1 is 1.48 bits per heavy atom. The van der Waals surface area contributed by atoms with Gasteiger partial charge in [0.1, 0.15) is 0 Å². The number of nitro benzene ring substituents is 1. The van der Waals surface area contributed by atoms with E-state index in [-0.39, 0.29) is 17.5 Å². The number of carbonyl (C=O) groups is 1. The summed E-state index contributed by atoms with van der Waals surface area (Å²) in [6, 6.07) is 5.67. The van der Waals surface area contributed by atoms with E-state index in [4.69, 9.17) is 11.6 Å². The van der Waals surface area contributed by atoms with Gasteiger partial charge in [-0.05, 0) is 12.1 Å². The summed E-state index contributed by atoms with van der Waals surface area (Å²) < 4.78 is 1.59. The van der Waals surface area contributed by atoms with Crippen LogP contribution in [0.25, 0.3) is 0 Å². The van der Waals surface area contributed by atoms with Crippen molar-refractivity contribution in [2.75, 3.05) is 5.32 Å². The van der Waals surface area contributed by atoms with Gasteiger partial charge in [0.25, 0.3) is 5.69 Å². The van der Waals surface area contributed by atoms with Gasteiger partial charge in [0.2, 0.25) is 5.91 Å². The van der Waals surface area contributed by atoms with Gasteiger partial charge in [-0.15, -0.1) is 0 Å². The Hall–Kier alpha value is -2.41. The Balaban J connectivity index is 1.95. The van der Waals surface area contributed by atoms with Crippen molar-refractivity contribution in [3.8, 4) is 0 Å². The predicted molar refractivity (Wildman–Crippen MR) is 78.1 cm³/mol. The molecule has 0 bridgehead atoms. The first-order chi connectivity index (χ1) is 9.95. The average Bonchev–Trinajstić information content (AvgIpc) is 2.84. The quantitative estimate of drug-likeness (QED) is 0.679. The van der Waals surface area contributed by atoms with Crippen LogP contribution in [-0.2, 0) is 11.3 Å². The summed E-state index contributed by atoms with van der Waals surface area (Å²) in [4.78, 5) is 22.1. The van der Waals surface area contributed by atoms with Crippen molar-refractivity contribution in [2.24, 2.45) is 5.92 Å². The van der Waals surface area contributed by atoms with Crippen molar-refractivity contribution in [3.05, 3.63) is 51.8 Å². The largest absolute Gasteiger partial charge is 0.326 e. The van der Waals surface area contributed by atoms with Crippen molar-refractivity contribution in [1.29, 1.82) is 0 Å². The minimum atomic E-state index is -0.490. The normalized spacial score (nSPS) is 11.9. The zero-order valence-corrected chi connectivity index (χ0v) is 11.9. The molecule has 0 aliphatic heterocycles. The number of non-ortho nitro benzene ring substituents is 1. The molecule has 1 unspecified atom stereocenters. The molecular formula is C13H13ClN4O3. The summed E-state index contributed by atoms with van der Waals surface area (Å²) in [5.41, 5.74) is 0.489. The van der Waals surface area contributed by atoms with Gasteiger partial charge in [0.05, 0.1) is 28.6 Å². The number of anilines is 1. The highest BCUT2D eigenvalue weighted by Crippen LogP contribution is 2.16. The fraction of sp³-hybridized carbons (Fsp3) is 0.231. The third-order valence-electron chi connectivity index (χ3n) is 2.86. The summed E-state index contributed by atoms with van der Waals surface area (Å²) in [6.07, 6.45) is 3.14. The zero-order valence-electron chi connectivity index (χ0n) is 11.2. The molecule has 1 atom stereocenters. The minimum Gasteiger partial charge on any atom is -0.326 e. The van der Waals surface area contributed by atoms with Gasteiger partial charge in [0.15, 0.2) is 0 Å². The lowest BCUT2D eigenvalue weighted by Crippen LogP contribution is -2.24. The monoisotopic (exact) mass is 308 g/mol. The van der Waals surface area contributed by atoms with E-state index in [1.807, 2.05) is 0 Å². The fourth-order valence-electron chi connectivity index (χ4n) is 1.73. The number of nitrogens with one attached hydrogen (secondary N) is 1. The van der Waals surface area contributed by atoms with Crippen molar-refractivity contribution in [3.63, 3.8) is 0 Å². The van der Waals surface area contributed by atoms with Crippen LogP contribution in [0.5, 0.6) is 0 Å². The molecule has 0 saturated heterocycles. The third-order valence-corrected chi connectivity index (χ3v) is 3.05. The van der Waals surface area contributed by atoms with Gasteiger partial charge in [0, 0.05) is 24.0 Å². The second kappa shape index (κ2) is 6.36. The summed E-state index contributed by atoms with van der Waals surface area (Å²) >= 11 is 5.75. The van der Waals surface area contributed by atoms with Gasteiger partial charge in [-0.25, -0.2) is 0 Å². The van der Waals surface area contributed by atoms with Crippen molar-refractivity contribution >= 4 is 28.9 Å². The number of benzene rings is 1. The van der Waals surface area contributed by atoms with Crippen LogP contribution >= 0.6 is 11.6 Å². The highest BCUT2D eigenvalue weighted by molar-refractivity contribution is 6.30. The number of rotatable bonds is 5. The van der Waals surface area contributed by atoms with Crippen molar-refractivity contribution < 1.29 is 9.72 Å². The molecular weight excluding hydrogens is 296 g/mol. The molecule has 1 aromatic carbocycles. The highest BCUT2D eigenvalue weighted by Gasteiger charge is 2.15. The Morgan fingerprint density at radius 2 is 2.14 bits per heavy atom. The van der Waals surface area contributed by atoms with Crippen LogP contribution < -0.4 is 5.32 Å². The third kappa shape index (κ3) is 4.03. The Kier molecular flexibility index (Phi) is 4.54. The van der Waals surface area contributed by atoms with E-state index in [0.29, 0.717) is 17.3 Å². The van der Waals surface area contributed by atoms with E-state index in [1.165, 1.54) is 30.5 Å². The van der Waals surface area contributed by atoms with Gasteiger partial charge < -0.3 is 5.32 Å². The van der Waals surface area contributed by atoms with E-state index in [1.54, 1.807) is 17.8 Å². The maximum atomic E-state index is 12.0. The SMILES string of the molecule is CC(Cn1cc(Cl)cn1)C(=O)Nc1ccc([N+](=O)[O-])cc1. The molecule has 2 aromatic rings. The van der Waals surface area contributed by atoms with E-state index >= 15 is 0 Å². The van der Waals surface area contributed by atoms with Crippen molar-refractivity contribution in [1.82, 2.24) is 9.78 Å². The predicted octanol–water partition coefficient (Wildman–Crippen LogP) is 2.72. The Morgan fingerprint density at radius 3 is 2.67 bits per heavy atom. The molecule has 8 heteroatoms. The lowest BCUT2D eigenvalue weighted by atomic mass is 10.1. The van der Waals surface area contributed by atoms with Crippen LogP contribution in [0.4, 0.5) is 11.4 Å². The molecule has 21 heavy (non-hydrogen) atoms. The number of aromatic nitrogens is 2. The molecule has 2 rings (SSSR count). The first kappa shape index (κ1) is 15.0. The molecule has 7 nitrogen and oxygen atoms in total. The number of halogens is 1. The van der Waals surface area contributed by atoms with E-state index in [2.05, 4.69) is 10.4 Å². The second-order valence-corrected chi connectivity index (χ2v) is 5.01. The second-order valence-electron chi connectivity index (χ2n) is 4.57. The summed E-state index contributed by atoms with van der Waals surface area (Å²) in [5, 5.41) is 17.8. The van der Waals surface area contributed by atoms with Crippen LogP contribution in [0.1, 0.15) is 6.92 Å². The summed E-state index contributed by atoms with van der Waals surface area (Å²) in [7, 11) is 0. The molecule has 0 saturated carbocycles. The molecule has 0 aliphatic rings. The molecule has 0 aliphatic carbocycles. The minimum absolute atomic E-state index is 0.0211. The molecule has 1 heterocycles. The smallest absolute Gasteiger partial charge is 0.269 e. The zero-order chi connectivity index (χ0) is 15.4. The number of hydrogen-bond donors (Lipinski definition) is 1. The van der Waals surface area contributed by atoms with Gasteiger partial charge in [-0.3, -0.25) is 19.6 Å². The van der Waals surface area contributed by atoms with Crippen LogP contribution in [0.2, 0.25) is 5.02 Å². The molecule has 0 fully saturated rings. The number of nitrogens with zero attached hydrogens (tertiary/aromatic N) is 3. The van der Waals surface area contributed by atoms with E-state index in [9.17, 15) is 14.9 Å².